The van der Waals surface area contributed by atoms with Gasteiger partial charge in [0.2, 0.25) is 10.0 Å². The van der Waals surface area contributed by atoms with Crippen molar-refractivity contribution in [2.24, 2.45) is 0 Å². The quantitative estimate of drug-likeness (QED) is 0.832. The Kier molecular flexibility index (Phi) is 5.16. The van der Waals surface area contributed by atoms with Crippen LogP contribution in [0.15, 0.2) is 47.4 Å². The molecule has 2 aromatic carbocycles. The van der Waals surface area contributed by atoms with Gasteiger partial charge in [-0.1, -0.05) is 35.9 Å². The van der Waals surface area contributed by atoms with Crippen LogP contribution in [-0.4, -0.2) is 49.7 Å². The number of benzene rings is 2. The lowest BCUT2D eigenvalue weighted by Gasteiger charge is -2.34. The van der Waals surface area contributed by atoms with Gasteiger partial charge < -0.3 is 4.90 Å². The van der Waals surface area contributed by atoms with E-state index in [1.54, 1.807) is 17.0 Å². The monoisotopic (exact) mass is 372 g/mol. The highest BCUT2D eigenvalue weighted by Gasteiger charge is 2.32. The zero-order valence-corrected chi connectivity index (χ0v) is 16.2. The number of piperazine rings is 1. The predicted molar refractivity (Wildman–Crippen MR) is 102 cm³/mol. The molecular weight excluding hydrogens is 348 g/mol. The highest BCUT2D eigenvalue weighted by Crippen LogP contribution is 2.26. The van der Waals surface area contributed by atoms with Gasteiger partial charge in [-0.2, -0.15) is 4.31 Å². The second-order valence-electron chi connectivity index (χ2n) is 6.79. The van der Waals surface area contributed by atoms with Crippen LogP contribution in [0.1, 0.15) is 27.0 Å². The van der Waals surface area contributed by atoms with Crippen LogP contribution in [0.25, 0.3) is 0 Å². The summed E-state index contributed by atoms with van der Waals surface area (Å²) in [5.41, 5.74) is 3.22. The van der Waals surface area contributed by atoms with Crippen LogP contribution in [0.2, 0.25) is 0 Å². The summed E-state index contributed by atoms with van der Waals surface area (Å²) in [7, 11) is -3.56. The number of amides is 1. The van der Waals surface area contributed by atoms with E-state index in [1.165, 1.54) is 4.31 Å². The molecule has 1 aliphatic rings. The Hall–Kier alpha value is -2.18. The third kappa shape index (κ3) is 3.52. The van der Waals surface area contributed by atoms with E-state index in [0.717, 1.165) is 16.7 Å². The number of carbonyl (C=O) groups excluding carboxylic acids is 1. The summed E-state index contributed by atoms with van der Waals surface area (Å²) in [5, 5.41) is 0. The Labute approximate surface area is 155 Å². The lowest BCUT2D eigenvalue weighted by atomic mass is 10.1. The highest BCUT2D eigenvalue weighted by molar-refractivity contribution is 7.89. The normalized spacial score (nSPS) is 15.9. The van der Waals surface area contributed by atoms with E-state index in [1.807, 2.05) is 51.1 Å². The van der Waals surface area contributed by atoms with E-state index in [2.05, 4.69) is 0 Å². The van der Waals surface area contributed by atoms with E-state index in [4.69, 9.17) is 0 Å². The van der Waals surface area contributed by atoms with Crippen molar-refractivity contribution in [2.75, 3.05) is 26.2 Å². The van der Waals surface area contributed by atoms with Gasteiger partial charge in [0.15, 0.2) is 0 Å². The largest absolute Gasteiger partial charge is 0.336 e. The number of sulfonamides is 1. The van der Waals surface area contributed by atoms with Crippen molar-refractivity contribution in [3.63, 3.8) is 0 Å². The average Bonchev–Trinajstić information content (AvgIpc) is 2.61. The third-order valence-electron chi connectivity index (χ3n) is 4.75. The van der Waals surface area contributed by atoms with Gasteiger partial charge in [0.05, 0.1) is 4.90 Å². The molecule has 1 heterocycles. The summed E-state index contributed by atoms with van der Waals surface area (Å²) >= 11 is 0. The molecule has 0 bridgehead atoms. The molecule has 26 heavy (non-hydrogen) atoms. The van der Waals surface area contributed by atoms with Crippen molar-refractivity contribution in [3.8, 4) is 0 Å². The van der Waals surface area contributed by atoms with Crippen molar-refractivity contribution in [2.45, 2.75) is 25.7 Å². The first-order chi connectivity index (χ1) is 12.3. The first-order valence-electron chi connectivity index (χ1n) is 8.73. The van der Waals surface area contributed by atoms with Gasteiger partial charge in [0, 0.05) is 31.7 Å². The van der Waals surface area contributed by atoms with Crippen molar-refractivity contribution in [3.05, 3.63) is 64.7 Å². The molecule has 2 aromatic rings. The van der Waals surface area contributed by atoms with Crippen LogP contribution in [0.4, 0.5) is 0 Å². The Morgan fingerprint density at radius 2 is 1.42 bits per heavy atom. The Morgan fingerprint density at radius 3 is 1.96 bits per heavy atom. The summed E-state index contributed by atoms with van der Waals surface area (Å²) in [6.45, 7) is 7.06. The maximum Gasteiger partial charge on any atom is 0.253 e. The molecule has 3 rings (SSSR count). The SMILES string of the molecule is Cc1cc(C)c(S(=O)(=O)N2CCN(C(=O)c3ccccc3)CC2)c(C)c1. The molecule has 0 aliphatic carbocycles. The standard InChI is InChI=1S/C20H24N2O3S/c1-15-13-16(2)19(17(3)14-15)26(24,25)22-11-9-21(10-12-22)20(23)18-7-5-4-6-8-18/h4-8,13-14H,9-12H2,1-3H3. The third-order valence-corrected chi connectivity index (χ3v) is 6.95. The molecule has 1 amide bonds. The maximum atomic E-state index is 13.1. The van der Waals surface area contributed by atoms with E-state index in [-0.39, 0.29) is 5.91 Å². The van der Waals surface area contributed by atoms with Crippen molar-refractivity contribution in [1.82, 2.24) is 9.21 Å². The summed E-state index contributed by atoms with van der Waals surface area (Å²) in [6.07, 6.45) is 0. The minimum Gasteiger partial charge on any atom is -0.336 e. The number of aryl methyl sites for hydroxylation is 3. The van der Waals surface area contributed by atoms with Crippen molar-refractivity contribution in [1.29, 1.82) is 0 Å². The van der Waals surface area contributed by atoms with E-state index in [9.17, 15) is 13.2 Å². The van der Waals surface area contributed by atoms with Gasteiger partial charge >= 0.3 is 0 Å². The van der Waals surface area contributed by atoms with Crippen LogP contribution in [0.3, 0.4) is 0 Å². The van der Waals surface area contributed by atoms with Gasteiger partial charge in [-0.25, -0.2) is 8.42 Å². The van der Waals surface area contributed by atoms with Gasteiger partial charge in [-0.05, 0) is 44.0 Å². The fraction of sp³-hybridized carbons (Fsp3) is 0.350. The number of carbonyl (C=O) groups is 1. The van der Waals surface area contributed by atoms with E-state index >= 15 is 0 Å². The maximum absolute atomic E-state index is 13.1. The van der Waals surface area contributed by atoms with Crippen molar-refractivity contribution >= 4 is 15.9 Å². The summed E-state index contributed by atoms with van der Waals surface area (Å²) < 4.78 is 27.7. The van der Waals surface area contributed by atoms with Crippen molar-refractivity contribution < 1.29 is 13.2 Å². The molecule has 1 saturated heterocycles. The van der Waals surface area contributed by atoms with Crippen LogP contribution in [0, 0.1) is 20.8 Å². The molecule has 6 heteroatoms. The zero-order valence-electron chi connectivity index (χ0n) is 15.4. The number of hydrogen-bond donors (Lipinski definition) is 0. The Balaban J connectivity index is 1.77. The number of hydrogen-bond acceptors (Lipinski definition) is 3. The van der Waals surface area contributed by atoms with Crippen LogP contribution >= 0.6 is 0 Å². The molecule has 0 radical (unpaired) electrons. The second-order valence-corrected chi connectivity index (χ2v) is 8.66. The molecule has 0 N–H and O–H groups in total. The predicted octanol–water partition coefficient (Wildman–Crippen LogP) is 2.76. The molecule has 1 fully saturated rings. The van der Waals surface area contributed by atoms with Crippen LogP contribution < -0.4 is 0 Å². The van der Waals surface area contributed by atoms with E-state index < -0.39 is 10.0 Å². The molecule has 1 aliphatic heterocycles. The topological polar surface area (TPSA) is 57.7 Å². The van der Waals surface area contributed by atoms with Crippen LogP contribution in [0.5, 0.6) is 0 Å². The second kappa shape index (κ2) is 7.21. The lowest BCUT2D eigenvalue weighted by Crippen LogP contribution is -2.50. The fourth-order valence-electron chi connectivity index (χ4n) is 3.60. The average molecular weight is 372 g/mol. The first kappa shape index (κ1) is 18.6. The Morgan fingerprint density at radius 1 is 0.885 bits per heavy atom. The molecule has 0 aromatic heterocycles. The molecule has 5 nitrogen and oxygen atoms in total. The van der Waals surface area contributed by atoms with Gasteiger partial charge in [0.1, 0.15) is 0 Å². The minimum absolute atomic E-state index is 0.0506. The summed E-state index contributed by atoms with van der Waals surface area (Å²) in [4.78, 5) is 14.6. The summed E-state index contributed by atoms with van der Waals surface area (Å²) in [5.74, 6) is -0.0506. The molecule has 0 saturated carbocycles. The van der Waals surface area contributed by atoms with E-state index in [0.29, 0.717) is 36.6 Å². The molecule has 0 atom stereocenters. The number of nitrogens with zero attached hydrogens (tertiary/aromatic N) is 2. The van der Waals surface area contributed by atoms with Gasteiger partial charge in [-0.3, -0.25) is 4.79 Å². The smallest absolute Gasteiger partial charge is 0.253 e. The number of rotatable bonds is 3. The lowest BCUT2D eigenvalue weighted by molar-refractivity contribution is 0.0698. The Bertz CT molecular complexity index is 892. The molecule has 138 valence electrons. The molecular formula is C20H24N2O3S. The van der Waals surface area contributed by atoms with Gasteiger partial charge in [0.25, 0.3) is 5.91 Å². The summed E-state index contributed by atoms with van der Waals surface area (Å²) in [6, 6.07) is 12.9. The zero-order chi connectivity index (χ0) is 18.9. The first-order valence-corrected chi connectivity index (χ1v) is 10.2. The van der Waals surface area contributed by atoms with Gasteiger partial charge in [-0.15, -0.1) is 0 Å². The fourth-order valence-corrected chi connectivity index (χ4v) is 5.43. The minimum atomic E-state index is -3.56. The molecule has 0 spiro atoms. The highest BCUT2D eigenvalue weighted by atomic mass is 32.2. The van der Waals surface area contributed by atoms with Crippen LogP contribution in [-0.2, 0) is 10.0 Å². The molecule has 0 unspecified atom stereocenters.